The van der Waals surface area contributed by atoms with Crippen molar-refractivity contribution in [2.24, 2.45) is 5.92 Å². The first-order chi connectivity index (χ1) is 8.38. The molecule has 2 rings (SSSR count). The van der Waals surface area contributed by atoms with Gasteiger partial charge in [0, 0.05) is 24.1 Å². The highest BCUT2D eigenvalue weighted by Crippen LogP contribution is 2.18. The summed E-state index contributed by atoms with van der Waals surface area (Å²) in [5.74, 6) is 2.93. The molecule has 4 heteroatoms. The van der Waals surface area contributed by atoms with Crippen LogP contribution in [0.5, 0.6) is 0 Å². The van der Waals surface area contributed by atoms with E-state index in [2.05, 4.69) is 34.6 Å². The van der Waals surface area contributed by atoms with Crippen LogP contribution in [0.2, 0.25) is 0 Å². The fraction of sp³-hybridized carbons (Fsp3) is 0.692. The van der Waals surface area contributed by atoms with Crippen molar-refractivity contribution in [1.29, 1.82) is 0 Å². The summed E-state index contributed by atoms with van der Waals surface area (Å²) in [7, 11) is 0. The van der Waals surface area contributed by atoms with Gasteiger partial charge >= 0.3 is 0 Å². The molecule has 0 amide bonds. The van der Waals surface area contributed by atoms with Gasteiger partial charge in [0.05, 0.1) is 0 Å². The Morgan fingerprint density at radius 1 is 1.41 bits per heavy atom. The quantitative estimate of drug-likeness (QED) is 0.833. The van der Waals surface area contributed by atoms with Crippen LogP contribution < -0.4 is 5.32 Å². The summed E-state index contributed by atoms with van der Waals surface area (Å²) in [6, 6.07) is 4.92. The number of thioether (sulfide) groups is 1. The molecule has 1 fully saturated rings. The van der Waals surface area contributed by atoms with Crippen LogP contribution in [-0.4, -0.2) is 35.8 Å². The molecule has 0 bridgehead atoms. The summed E-state index contributed by atoms with van der Waals surface area (Å²) >= 11 is 3.84. The molecule has 1 unspecified atom stereocenters. The number of aliphatic hydroxyl groups is 1. The molecule has 1 aromatic heterocycles. The summed E-state index contributed by atoms with van der Waals surface area (Å²) in [4.78, 5) is 1.38. The topological polar surface area (TPSA) is 32.3 Å². The minimum atomic E-state index is 0.284. The highest BCUT2D eigenvalue weighted by atomic mass is 32.2. The highest BCUT2D eigenvalue weighted by molar-refractivity contribution is 7.99. The van der Waals surface area contributed by atoms with Gasteiger partial charge in [-0.3, -0.25) is 0 Å². The summed E-state index contributed by atoms with van der Waals surface area (Å²) in [6.07, 6.45) is 3.56. The fourth-order valence-corrected chi connectivity index (χ4v) is 4.08. The highest BCUT2D eigenvalue weighted by Gasteiger charge is 2.15. The molecular formula is C13H21NOS2. The van der Waals surface area contributed by atoms with Gasteiger partial charge in [-0.1, -0.05) is 6.07 Å². The maximum absolute atomic E-state index is 9.41. The van der Waals surface area contributed by atoms with Gasteiger partial charge in [-0.15, -0.1) is 11.3 Å². The van der Waals surface area contributed by atoms with E-state index in [-0.39, 0.29) is 6.61 Å². The Hall–Kier alpha value is -0.0300. The van der Waals surface area contributed by atoms with Crippen LogP contribution in [0.3, 0.4) is 0 Å². The van der Waals surface area contributed by atoms with Crippen LogP contribution in [0.15, 0.2) is 17.5 Å². The molecule has 0 saturated carbocycles. The first kappa shape index (κ1) is 13.4. The van der Waals surface area contributed by atoms with Crippen LogP contribution in [0, 0.1) is 5.92 Å². The second-order valence-corrected chi connectivity index (χ2v) is 6.88. The molecule has 0 spiro atoms. The van der Waals surface area contributed by atoms with Crippen molar-refractivity contribution in [2.75, 3.05) is 24.7 Å². The third-order valence-electron chi connectivity index (χ3n) is 3.24. The van der Waals surface area contributed by atoms with Crippen LogP contribution in [0.1, 0.15) is 17.7 Å². The fourth-order valence-electron chi connectivity index (χ4n) is 2.15. The lowest BCUT2D eigenvalue weighted by molar-refractivity contribution is 0.217. The second kappa shape index (κ2) is 7.41. The van der Waals surface area contributed by atoms with Gasteiger partial charge in [0.1, 0.15) is 0 Å². The molecule has 96 valence electrons. The molecule has 2 nitrogen and oxygen atoms in total. The van der Waals surface area contributed by atoms with E-state index in [9.17, 15) is 5.11 Å². The molecule has 0 aromatic carbocycles. The van der Waals surface area contributed by atoms with Crippen molar-refractivity contribution < 1.29 is 5.11 Å². The number of hydrogen-bond donors (Lipinski definition) is 2. The molecule has 2 heterocycles. The average molecular weight is 271 g/mol. The lowest BCUT2D eigenvalue weighted by atomic mass is 10.0. The monoisotopic (exact) mass is 271 g/mol. The Labute approximate surface area is 112 Å². The number of hydrogen-bond acceptors (Lipinski definition) is 4. The van der Waals surface area contributed by atoms with Crippen molar-refractivity contribution in [3.8, 4) is 0 Å². The standard InChI is InChI=1S/C13H21NOS2/c15-10-11(8-13-2-1-5-17-13)9-14-12-3-6-16-7-4-12/h1-2,5,11-12,14-15H,3-4,6-10H2. The van der Waals surface area contributed by atoms with E-state index < -0.39 is 0 Å². The molecule has 2 N–H and O–H groups in total. The Morgan fingerprint density at radius 3 is 2.88 bits per heavy atom. The largest absolute Gasteiger partial charge is 0.396 e. The maximum Gasteiger partial charge on any atom is 0.0474 e. The lowest BCUT2D eigenvalue weighted by Gasteiger charge is -2.25. The zero-order chi connectivity index (χ0) is 11.9. The molecule has 17 heavy (non-hydrogen) atoms. The summed E-state index contributed by atoms with van der Waals surface area (Å²) in [5.41, 5.74) is 0. The third-order valence-corrected chi connectivity index (χ3v) is 5.19. The van der Waals surface area contributed by atoms with Gasteiger partial charge in [-0.05, 0) is 48.1 Å². The molecule has 1 aliphatic rings. The first-order valence-electron chi connectivity index (χ1n) is 6.33. The molecule has 0 aliphatic carbocycles. The predicted molar refractivity (Wildman–Crippen MR) is 76.9 cm³/mol. The van der Waals surface area contributed by atoms with Crippen LogP contribution in [-0.2, 0) is 6.42 Å². The Balaban J connectivity index is 1.71. The molecule has 1 aliphatic heterocycles. The number of aliphatic hydroxyl groups excluding tert-OH is 1. The van der Waals surface area contributed by atoms with Crippen molar-refractivity contribution >= 4 is 23.1 Å². The van der Waals surface area contributed by atoms with E-state index in [1.165, 1.54) is 29.2 Å². The number of nitrogens with one attached hydrogen (secondary N) is 1. The van der Waals surface area contributed by atoms with E-state index in [4.69, 9.17) is 0 Å². The molecule has 1 saturated heterocycles. The minimum absolute atomic E-state index is 0.284. The van der Waals surface area contributed by atoms with E-state index in [1.54, 1.807) is 11.3 Å². The van der Waals surface area contributed by atoms with Gasteiger partial charge in [0.15, 0.2) is 0 Å². The van der Waals surface area contributed by atoms with Gasteiger partial charge in [0.25, 0.3) is 0 Å². The second-order valence-electron chi connectivity index (χ2n) is 4.63. The average Bonchev–Trinajstić information content (AvgIpc) is 2.88. The summed E-state index contributed by atoms with van der Waals surface area (Å²) < 4.78 is 0. The van der Waals surface area contributed by atoms with Gasteiger partial charge < -0.3 is 10.4 Å². The van der Waals surface area contributed by atoms with E-state index >= 15 is 0 Å². The Morgan fingerprint density at radius 2 is 2.24 bits per heavy atom. The smallest absolute Gasteiger partial charge is 0.0474 e. The van der Waals surface area contributed by atoms with E-state index in [0.29, 0.717) is 12.0 Å². The van der Waals surface area contributed by atoms with Crippen molar-refractivity contribution in [2.45, 2.75) is 25.3 Å². The van der Waals surface area contributed by atoms with Gasteiger partial charge in [0.2, 0.25) is 0 Å². The van der Waals surface area contributed by atoms with Gasteiger partial charge in [-0.2, -0.15) is 11.8 Å². The zero-order valence-corrected chi connectivity index (χ0v) is 11.7. The summed E-state index contributed by atoms with van der Waals surface area (Å²) in [5, 5.41) is 15.1. The first-order valence-corrected chi connectivity index (χ1v) is 8.36. The molecule has 1 aromatic rings. The third kappa shape index (κ3) is 4.62. The SMILES string of the molecule is OCC(CNC1CCSCC1)Cc1cccs1. The van der Waals surface area contributed by atoms with E-state index in [0.717, 1.165) is 13.0 Å². The van der Waals surface area contributed by atoms with Gasteiger partial charge in [-0.25, -0.2) is 0 Å². The Bertz CT molecular complexity index is 296. The molecular weight excluding hydrogens is 250 g/mol. The number of rotatable bonds is 6. The Kier molecular flexibility index (Phi) is 5.85. The van der Waals surface area contributed by atoms with Crippen molar-refractivity contribution in [1.82, 2.24) is 5.32 Å². The normalized spacial score (nSPS) is 19.4. The van der Waals surface area contributed by atoms with Crippen molar-refractivity contribution in [3.05, 3.63) is 22.4 Å². The molecule has 0 radical (unpaired) electrons. The maximum atomic E-state index is 9.41. The summed E-state index contributed by atoms with van der Waals surface area (Å²) in [6.45, 7) is 1.23. The van der Waals surface area contributed by atoms with Crippen LogP contribution in [0.4, 0.5) is 0 Å². The molecule has 1 atom stereocenters. The van der Waals surface area contributed by atoms with Crippen LogP contribution >= 0.6 is 23.1 Å². The zero-order valence-electron chi connectivity index (χ0n) is 10.1. The van der Waals surface area contributed by atoms with E-state index in [1.807, 2.05) is 0 Å². The predicted octanol–water partition coefficient (Wildman–Crippen LogP) is 2.38. The minimum Gasteiger partial charge on any atom is -0.396 e. The van der Waals surface area contributed by atoms with Crippen LogP contribution in [0.25, 0.3) is 0 Å². The number of thiophene rings is 1. The lowest BCUT2D eigenvalue weighted by Crippen LogP contribution is -2.37. The van der Waals surface area contributed by atoms with Crippen molar-refractivity contribution in [3.63, 3.8) is 0 Å².